The lowest BCUT2D eigenvalue weighted by molar-refractivity contribution is -0.116. The number of hydrogen-bond acceptors (Lipinski definition) is 2. The maximum absolute atomic E-state index is 14.4. The lowest BCUT2D eigenvalue weighted by Crippen LogP contribution is -2.35. The Morgan fingerprint density at radius 2 is 1.03 bits per heavy atom. The summed E-state index contributed by atoms with van der Waals surface area (Å²) in [6.07, 6.45) is -0.0667. The summed E-state index contributed by atoms with van der Waals surface area (Å²) in [5, 5.41) is 1.39. The Bertz CT molecular complexity index is 1120. The summed E-state index contributed by atoms with van der Waals surface area (Å²) in [6, 6.07) is 38.1. The second kappa shape index (κ2) is 9.59. The zero-order valence-corrected chi connectivity index (χ0v) is 18.1. The van der Waals surface area contributed by atoms with Crippen LogP contribution in [0.25, 0.3) is 0 Å². The minimum absolute atomic E-state index is 0.0667. The van der Waals surface area contributed by atoms with Gasteiger partial charge < -0.3 is 9.46 Å². The molecule has 0 aromatic heterocycles. The minimum Gasteiger partial charge on any atom is -0.313 e. The summed E-state index contributed by atoms with van der Waals surface area (Å²) in [5.74, 6) is -0.161. The minimum atomic E-state index is -3.15. The van der Waals surface area contributed by atoms with E-state index >= 15 is 0 Å². The molecule has 4 rings (SSSR count). The molecule has 4 aromatic carbocycles. The van der Waals surface area contributed by atoms with Gasteiger partial charge in [0, 0.05) is 16.3 Å². The van der Waals surface area contributed by atoms with E-state index in [0.29, 0.717) is 17.2 Å². The Hall–Kier alpha value is -3.42. The third-order valence-electron chi connectivity index (χ3n) is 5.26. The number of rotatable bonds is 7. The van der Waals surface area contributed by atoms with E-state index in [1.165, 1.54) is 0 Å². The van der Waals surface area contributed by atoms with Crippen LogP contribution in [0.5, 0.6) is 0 Å². The molecule has 0 radical (unpaired) electrons. The number of benzene rings is 4. The molecule has 0 spiro atoms. The lowest BCUT2D eigenvalue weighted by atomic mass is 10.2. The zero-order chi connectivity index (χ0) is 21.5. The van der Waals surface area contributed by atoms with Crippen LogP contribution in [0.15, 0.2) is 121 Å². The molecule has 0 unspecified atom stereocenters. The van der Waals surface area contributed by atoms with Gasteiger partial charge in [-0.2, -0.15) is 0 Å². The first-order valence-corrected chi connectivity index (χ1v) is 12.2. The van der Waals surface area contributed by atoms with Gasteiger partial charge in [0.05, 0.1) is 12.7 Å². The molecule has 0 saturated carbocycles. The maximum Gasteiger partial charge on any atom is 0.235 e. The van der Waals surface area contributed by atoms with E-state index in [2.05, 4.69) is 0 Å². The quantitative estimate of drug-likeness (QED) is 0.380. The first-order valence-electron chi connectivity index (χ1n) is 10.3. The van der Waals surface area contributed by atoms with Crippen molar-refractivity contribution in [2.45, 2.75) is 6.54 Å². The van der Waals surface area contributed by atoms with Crippen LogP contribution in [-0.4, -0.2) is 12.1 Å². The summed E-state index contributed by atoms with van der Waals surface area (Å²) in [5.41, 5.74) is 1.82. The van der Waals surface area contributed by atoms with Crippen LogP contribution in [0.2, 0.25) is 0 Å². The smallest absolute Gasteiger partial charge is 0.235 e. The fourth-order valence-electron chi connectivity index (χ4n) is 3.64. The van der Waals surface area contributed by atoms with E-state index in [-0.39, 0.29) is 12.1 Å². The summed E-state index contributed by atoms with van der Waals surface area (Å²) in [4.78, 5) is 15.4. The van der Waals surface area contributed by atoms with Gasteiger partial charge in [0.25, 0.3) is 0 Å². The molecular formula is C27H24NO2P. The molecule has 0 heterocycles. The van der Waals surface area contributed by atoms with Crippen molar-refractivity contribution in [2.24, 2.45) is 0 Å². The molecule has 0 aliphatic carbocycles. The van der Waals surface area contributed by atoms with Crippen LogP contribution >= 0.6 is 7.14 Å². The van der Waals surface area contributed by atoms with Crippen LogP contribution in [0, 0.1) is 0 Å². The second-order valence-electron chi connectivity index (χ2n) is 7.37. The molecule has 0 atom stereocenters. The first-order chi connectivity index (χ1) is 15.2. The SMILES string of the molecule is O=C(CP(=O)(c1ccccc1)c1ccccc1)N(Cc1ccccc1)c1ccccc1. The number of nitrogens with zero attached hydrogens (tertiary/aromatic N) is 1. The van der Waals surface area contributed by atoms with Crippen molar-refractivity contribution in [3.05, 3.63) is 127 Å². The topological polar surface area (TPSA) is 37.4 Å². The van der Waals surface area contributed by atoms with Crippen LogP contribution in [0.1, 0.15) is 5.56 Å². The molecule has 0 aliphatic rings. The number of anilines is 1. The van der Waals surface area contributed by atoms with E-state index in [0.717, 1.165) is 11.3 Å². The standard InChI is InChI=1S/C27H24NO2P/c29-27(28(24-15-7-2-8-16-24)21-23-13-5-1-6-14-23)22-31(30,25-17-9-3-10-18-25)26-19-11-4-12-20-26/h1-20H,21-22H2. The van der Waals surface area contributed by atoms with Gasteiger partial charge in [-0.15, -0.1) is 0 Å². The van der Waals surface area contributed by atoms with E-state index in [1.807, 2.05) is 121 Å². The number of amides is 1. The van der Waals surface area contributed by atoms with Gasteiger partial charge in [-0.3, -0.25) is 4.79 Å². The second-order valence-corrected chi connectivity index (χ2v) is 10.2. The van der Waals surface area contributed by atoms with Crippen LogP contribution < -0.4 is 15.5 Å². The highest BCUT2D eigenvalue weighted by Crippen LogP contribution is 2.43. The van der Waals surface area contributed by atoms with E-state index in [4.69, 9.17) is 0 Å². The Balaban J connectivity index is 1.72. The molecule has 31 heavy (non-hydrogen) atoms. The van der Waals surface area contributed by atoms with Gasteiger partial charge in [0.2, 0.25) is 5.91 Å². The Kier molecular flexibility index (Phi) is 6.45. The molecule has 4 aromatic rings. The molecule has 0 saturated heterocycles. The molecule has 0 aliphatic heterocycles. The third-order valence-corrected chi connectivity index (χ3v) is 8.24. The Labute approximate surface area is 183 Å². The van der Waals surface area contributed by atoms with Crippen molar-refractivity contribution in [2.75, 3.05) is 11.1 Å². The van der Waals surface area contributed by atoms with Gasteiger partial charge in [0.1, 0.15) is 0 Å². The van der Waals surface area contributed by atoms with Gasteiger partial charge in [-0.1, -0.05) is 109 Å². The van der Waals surface area contributed by atoms with Crippen molar-refractivity contribution in [1.29, 1.82) is 0 Å². The number of hydrogen-bond donors (Lipinski definition) is 0. The summed E-state index contributed by atoms with van der Waals surface area (Å²) in [7, 11) is -3.15. The maximum atomic E-state index is 14.4. The van der Waals surface area contributed by atoms with Crippen molar-refractivity contribution < 1.29 is 9.36 Å². The van der Waals surface area contributed by atoms with Gasteiger partial charge in [0.15, 0.2) is 7.14 Å². The van der Waals surface area contributed by atoms with Crippen molar-refractivity contribution in [3.63, 3.8) is 0 Å². The van der Waals surface area contributed by atoms with Crippen molar-refractivity contribution >= 4 is 29.3 Å². The fraction of sp³-hybridized carbons (Fsp3) is 0.0741. The van der Waals surface area contributed by atoms with Gasteiger partial charge in [-0.05, 0) is 17.7 Å². The van der Waals surface area contributed by atoms with Gasteiger partial charge in [-0.25, -0.2) is 0 Å². The summed E-state index contributed by atoms with van der Waals surface area (Å²) in [6.45, 7) is 0.424. The zero-order valence-electron chi connectivity index (χ0n) is 17.2. The monoisotopic (exact) mass is 425 g/mol. The number of para-hydroxylation sites is 1. The molecule has 3 nitrogen and oxygen atoms in total. The fourth-order valence-corrected chi connectivity index (χ4v) is 6.16. The summed E-state index contributed by atoms with van der Waals surface area (Å²) >= 11 is 0. The van der Waals surface area contributed by atoms with E-state index in [1.54, 1.807) is 4.90 Å². The van der Waals surface area contributed by atoms with E-state index in [9.17, 15) is 9.36 Å². The Morgan fingerprint density at radius 3 is 1.52 bits per heavy atom. The molecular weight excluding hydrogens is 401 g/mol. The van der Waals surface area contributed by atoms with Crippen molar-refractivity contribution in [3.8, 4) is 0 Å². The largest absolute Gasteiger partial charge is 0.313 e. The molecule has 0 fully saturated rings. The Morgan fingerprint density at radius 1 is 0.613 bits per heavy atom. The lowest BCUT2D eigenvalue weighted by Gasteiger charge is -2.26. The highest BCUT2D eigenvalue weighted by atomic mass is 31.2. The van der Waals surface area contributed by atoms with E-state index < -0.39 is 7.14 Å². The number of carbonyl (C=O) groups is 1. The van der Waals surface area contributed by atoms with Crippen LogP contribution in [0.4, 0.5) is 5.69 Å². The highest BCUT2D eigenvalue weighted by Gasteiger charge is 2.32. The van der Waals surface area contributed by atoms with Crippen molar-refractivity contribution in [1.82, 2.24) is 0 Å². The first kappa shape index (κ1) is 20.8. The van der Waals surface area contributed by atoms with Crippen LogP contribution in [0.3, 0.4) is 0 Å². The molecule has 1 amide bonds. The predicted molar refractivity (Wildman–Crippen MR) is 129 cm³/mol. The number of carbonyl (C=O) groups excluding carboxylic acids is 1. The summed E-state index contributed by atoms with van der Waals surface area (Å²) < 4.78 is 14.4. The average molecular weight is 425 g/mol. The molecule has 154 valence electrons. The highest BCUT2D eigenvalue weighted by molar-refractivity contribution is 7.79. The average Bonchev–Trinajstić information content (AvgIpc) is 2.84. The normalized spacial score (nSPS) is 11.1. The molecule has 0 N–H and O–H groups in total. The third kappa shape index (κ3) is 4.84. The predicted octanol–water partition coefficient (Wildman–Crippen LogP) is 5.23. The van der Waals surface area contributed by atoms with Gasteiger partial charge >= 0.3 is 0 Å². The molecule has 4 heteroatoms. The van der Waals surface area contributed by atoms with Crippen LogP contribution in [-0.2, 0) is 15.9 Å². The molecule has 0 bridgehead atoms.